The van der Waals surface area contributed by atoms with Crippen LogP contribution >= 0.6 is 0 Å². The van der Waals surface area contributed by atoms with Crippen molar-refractivity contribution in [2.24, 2.45) is 17.6 Å². The molecule has 22 heavy (non-hydrogen) atoms. The molecule has 1 fully saturated rings. The summed E-state index contributed by atoms with van der Waals surface area (Å²) >= 11 is 0. The Morgan fingerprint density at radius 1 is 1.27 bits per heavy atom. The predicted octanol–water partition coefficient (Wildman–Crippen LogP) is 1.48. The lowest BCUT2D eigenvalue weighted by molar-refractivity contribution is -0.137. The lowest BCUT2D eigenvalue weighted by atomic mass is 9.94. The standard InChI is InChI=1S/C17H21N3O2/c18-12-15(7-6-13-4-2-1-3-5-13)17(22)20-10-8-14(9-11-20)16(19)21/h1-5,14-15H,6-11H2,(H2,19,21)/t15-/m1/s1. The molecule has 2 amide bonds. The number of nitriles is 1. The van der Waals surface area contributed by atoms with Crippen LogP contribution in [-0.2, 0) is 16.0 Å². The Kier molecular flexibility index (Phi) is 5.54. The summed E-state index contributed by atoms with van der Waals surface area (Å²) in [5, 5.41) is 9.27. The minimum Gasteiger partial charge on any atom is -0.369 e. The maximum absolute atomic E-state index is 12.4. The molecule has 1 heterocycles. The summed E-state index contributed by atoms with van der Waals surface area (Å²) in [6.45, 7) is 1.02. The third-order valence-electron chi connectivity index (χ3n) is 4.23. The highest BCUT2D eigenvalue weighted by Gasteiger charge is 2.29. The van der Waals surface area contributed by atoms with Crippen molar-refractivity contribution in [3.8, 4) is 6.07 Å². The number of nitrogens with zero attached hydrogens (tertiary/aromatic N) is 2. The summed E-state index contributed by atoms with van der Waals surface area (Å²) in [6.07, 6.45) is 2.42. The van der Waals surface area contributed by atoms with Gasteiger partial charge in [0.2, 0.25) is 11.8 Å². The maximum Gasteiger partial charge on any atom is 0.239 e. The molecule has 2 N–H and O–H groups in total. The van der Waals surface area contributed by atoms with Crippen molar-refractivity contribution in [1.82, 2.24) is 4.90 Å². The molecule has 5 heteroatoms. The molecule has 1 atom stereocenters. The Labute approximate surface area is 130 Å². The lowest BCUT2D eigenvalue weighted by Gasteiger charge is -2.31. The molecule has 2 rings (SSSR count). The average molecular weight is 299 g/mol. The van der Waals surface area contributed by atoms with E-state index >= 15 is 0 Å². The van der Waals surface area contributed by atoms with Gasteiger partial charge in [-0.05, 0) is 31.2 Å². The monoisotopic (exact) mass is 299 g/mol. The molecule has 0 saturated carbocycles. The number of carbonyl (C=O) groups excluding carboxylic acids is 2. The Bertz CT molecular complexity index is 557. The van der Waals surface area contributed by atoms with E-state index < -0.39 is 5.92 Å². The van der Waals surface area contributed by atoms with Crippen LogP contribution in [0.3, 0.4) is 0 Å². The van der Waals surface area contributed by atoms with Crippen molar-refractivity contribution in [3.63, 3.8) is 0 Å². The second kappa shape index (κ2) is 7.60. The number of benzene rings is 1. The maximum atomic E-state index is 12.4. The highest BCUT2D eigenvalue weighted by molar-refractivity contribution is 5.82. The molecule has 0 radical (unpaired) electrons. The number of rotatable bonds is 5. The Balaban J connectivity index is 1.87. The fourth-order valence-electron chi connectivity index (χ4n) is 2.80. The quantitative estimate of drug-likeness (QED) is 0.893. The van der Waals surface area contributed by atoms with Gasteiger partial charge in [-0.15, -0.1) is 0 Å². The second-order valence-corrected chi connectivity index (χ2v) is 5.71. The molecule has 0 bridgehead atoms. The fourth-order valence-corrected chi connectivity index (χ4v) is 2.80. The van der Waals surface area contributed by atoms with E-state index in [1.807, 2.05) is 30.3 Å². The van der Waals surface area contributed by atoms with Crippen molar-refractivity contribution in [2.75, 3.05) is 13.1 Å². The molecular formula is C17H21N3O2. The van der Waals surface area contributed by atoms with Gasteiger partial charge in [0.05, 0.1) is 6.07 Å². The topological polar surface area (TPSA) is 87.2 Å². The van der Waals surface area contributed by atoms with Gasteiger partial charge in [-0.3, -0.25) is 9.59 Å². The number of hydrogen-bond donors (Lipinski definition) is 1. The molecule has 0 unspecified atom stereocenters. The number of likely N-dealkylation sites (tertiary alicyclic amines) is 1. The summed E-state index contributed by atoms with van der Waals surface area (Å²) in [7, 11) is 0. The van der Waals surface area contributed by atoms with E-state index in [1.54, 1.807) is 4.90 Å². The van der Waals surface area contributed by atoms with Crippen LogP contribution in [0.25, 0.3) is 0 Å². The van der Waals surface area contributed by atoms with E-state index in [0.29, 0.717) is 38.8 Å². The van der Waals surface area contributed by atoms with E-state index in [2.05, 4.69) is 6.07 Å². The van der Waals surface area contributed by atoms with E-state index in [4.69, 9.17) is 5.73 Å². The van der Waals surface area contributed by atoms with Crippen LogP contribution in [0.15, 0.2) is 30.3 Å². The van der Waals surface area contributed by atoms with Crippen LogP contribution in [0.5, 0.6) is 0 Å². The van der Waals surface area contributed by atoms with Crippen LogP contribution in [0.2, 0.25) is 0 Å². The van der Waals surface area contributed by atoms with Gasteiger partial charge in [0.25, 0.3) is 0 Å². The molecule has 1 aliphatic rings. The number of primary amides is 1. The number of piperidine rings is 1. The summed E-state index contributed by atoms with van der Waals surface area (Å²) in [6, 6.07) is 12.0. The van der Waals surface area contributed by atoms with Gasteiger partial charge >= 0.3 is 0 Å². The molecule has 5 nitrogen and oxygen atoms in total. The van der Waals surface area contributed by atoms with Gasteiger partial charge in [-0.25, -0.2) is 0 Å². The largest absolute Gasteiger partial charge is 0.369 e. The first-order chi connectivity index (χ1) is 10.6. The summed E-state index contributed by atoms with van der Waals surface area (Å²) in [5.74, 6) is -1.19. The van der Waals surface area contributed by atoms with Crippen LogP contribution in [0, 0.1) is 23.2 Å². The van der Waals surface area contributed by atoms with Gasteiger partial charge in [0, 0.05) is 19.0 Å². The molecular weight excluding hydrogens is 278 g/mol. The van der Waals surface area contributed by atoms with E-state index in [1.165, 1.54) is 0 Å². The molecule has 116 valence electrons. The zero-order chi connectivity index (χ0) is 15.9. The Morgan fingerprint density at radius 3 is 2.45 bits per heavy atom. The highest BCUT2D eigenvalue weighted by atomic mass is 16.2. The van der Waals surface area contributed by atoms with Gasteiger partial charge in [0.15, 0.2) is 0 Å². The Hall–Kier alpha value is -2.35. The van der Waals surface area contributed by atoms with E-state index in [9.17, 15) is 14.9 Å². The van der Waals surface area contributed by atoms with Gasteiger partial charge in [-0.2, -0.15) is 5.26 Å². The van der Waals surface area contributed by atoms with Crippen LogP contribution in [0.4, 0.5) is 0 Å². The number of hydrogen-bond acceptors (Lipinski definition) is 3. The average Bonchev–Trinajstić information content (AvgIpc) is 2.56. The highest BCUT2D eigenvalue weighted by Crippen LogP contribution is 2.20. The van der Waals surface area contributed by atoms with Crippen molar-refractivity contribution < 1.29 is 9.59 Å². The summed E-state index contributed by atoms with van der Waals surface area (Å²) in [5.41, 5.74) is 6.42. The summed E-state index contributed by atoms with van der Waals surface area (Å²) in [4.78, 5) is 25.3. The molecule has 1 saturated heterocycles. The normalized spacial score (nSPS) is 16.8. The molecule has 1 aromatic rings. The zero-order valence-corrected chi connectivity index (χ0v) is 12.6. The smallest absolute Gasteiger partial charge is 0.239 e. The van der Waals surface area contributed by atoms with Crippen molar-refractivity contribution in [2.45, 2.75) is 25.7 Å². The minimum atomic E-state index is -0.620. The number of amides is 2. The fraction of sp³-hybridized carbons (Fsp3) is 0.471. The van der Waals surface area contributed by atoms with Gasteiger partial charge in [-0.1, -0.05) is 30.3 Å². The van der Waals surface area contributed by atoms with Crippen LogP contribution in [0.1, 0.15) is 24.8 Å². The van der Waals surface area contributed by atoms with Crippen molar-refractivity contribution in [1.29, 1.82) is 5.26 Å². The van der Waals surface area contributed by atoms with Crippen molar-refractivity contribution in [3.05, 3.63) is 35.9 Å². The third kappa shape index (κ3) is 4.08. The second-order valence-electron chi connectivity index (χ2n) is 5.71. The van der Waals surface area contributed by atoms with E-state index in [0.717, 1.165) is 5.56 Å². The van der Waals surface area contributed by atoms with E-state index in [-0.39, 0.29) is 17.7 Å². The third-order valence-corrected chi connectivity index (χ3v) is 4.23. The van der Waals surface area contributed by atoms with Crippen LogP contribution in [-0.4, -0.2) is 29.8 Å². The lowest BCUT2D eigenvalue weighted by Crippen LogP contribution is -2.44. The zero-order valence-electron chi connectivity index (χ0n) is 12.6. The van der Waals surface area contributed by atoms with Crippen LogP contribution < -0.4 is 5.73 Å². The Morgan fingerprint density at radius 2 is 1.91 bits per heavy atom. The molecule has 0 spiro atoms. The molecule has 0 aliphatic carbocycles. The number of aryl methyl sites for hydroxylation is 1. The van der Waals surface area contributed by atoms with Gasteiger partial charge < -0.3 is 10.6 Å². The summed E-state index contributed by atoms with van der Waals surface area (Å²) < 4.78 is 0. The molecule has 0 aromatic heterocycles. The first-order valence-electron chi connectivity index (χ1n) is 7.63. The minimum absolute atomic E-state index is 0.124. The van der Waals surface area contributed by atoms with Crippen molar-refractivity contribution >= 4 is 11.8 Å². The van der Waals surface area contributed by atoms with Gasteiger partial charge in [0.1, 0.15) is 5.92 Å². The predicted molar refractivity (Wildman–Crippen MR) is 82.4 cm³/mol. The first-order valence-corrected chi connectivity index (χ1v) is 7.63. The SMILES string of the molecule is N#C[C@@H](CCc1ccccc1)C(=O)N1CCC(C(N)=O)CC1. The number of nitrogens with two attached hydrogens (primary N) is 1. The molecule has 1 aromatic carbocycles. The molecule has 1 aliphatic heterocycles. The first kappa shape index (κ1) is 16.0. The number of carbonyl (C=O) groups is 2.